The average Bonchev–Trinajstić information content (AvgIpc) is 2.82. The van der Waals surface area contributed by atoms with E-state index in [-0.39, 0.29) is 33.2 Å². The normalized spacial score (nSPS) is 12.1. The number of anilines is 1. The summed E-state index contributed by atoms with van der Waals surface area (Å²) < 4.78 is 31.6. The minimum Gasteiger partial charge on any atom is -0.497 e. The van der Waals surface area contributed by atoms with Crippen LogP contribution in [0.15, 0.2) is 36.4 Å². The number of carbonyl (C=O) groups is 2. The number of sulfonamides is 1. The Kier molecular flexibility index (Phi) is 11.2. The number of ether oxygens (including phenoxy) is 1. The number of hydrogen-bond donors (Lipinski definition) is 1. The first-order valence-electron chi connectivity index (χ1n) is 11.2. The zero-order valence-electron chi connectivity index (χ0n) is 20.6. The number of carbonyl (C=O) groups excluding carboxylic acids is 2. The van der Waals surface area contributed by atoms with Gasteiger partial charge in [-0.15, -0.1) is 0 Å². The van der Waals surface area contributed by atoms with Gasteiger partial charge < -0.3 is 15.0 Å². The van der Waals surface area contributed by atoms with Gasteiger partial charge in [0.25, 0.3) is 0 Å². The molecule has 2 aromatic carbocycles. The van der Waals surface area contributed by atoms with Gasteiger partial charge in [0.1, 0.15) is 18.3 Å². The van der Waals surface area contributed by atoms with E-state index in [2.05, 4.69) is 5.32 Å². The third kappa shape index (κ3) is 7.90. The van der Waals surface area contributed by atoms with Gasteiger partial charge in [0.15, 0.2) is 0 Å². The molecular weight excluding hydrogens is 549 g/mol. The second-order valence-electron chi connectivity index (χ2n) is 8.08. The van der Waals surface area contributed by atoms with E-state index < -0.39 is 28.5 Å². The van der Waals surface area contributed by atoms with Crippen LogP contribution in [0.3, 0.4) is 0 Å². The molecule has 0 aliphatic rings. The summed E-state index contributed by atoms with van der Waals surface area (Å²) in [5.74, 6) is -0.332. The van der Waals surface area contributed by atoms with Crippen molar-refractivity contribution in [2.75, 3.05) is 30.8 Å². The van der Waals surface area contributed by atoms with Crippen molar-refractivity contribution in [1.29, 1.82) is 0 Å². The molecule has 2 rings (SSSR count). The van der Waals surface area contributed by atoms with Crippen molar-refractivity contribution >= 4 is 62.3 Å². The maximum absolute atomic E-state index is 13.7. The van der Waals surface area contributed by atoms with Crippen LogP contribution >= 0.6 is 34.8 Å². The fraction of sp³-hybridized carbons (Fsp3) is 0.417. The molecule has 0 aliphatic heterocycles. The van der Waals surface area contributed by atoms with Crippen molar-refractivity contribution in [3.05, 3.63) is 57.0 Å². The molecule has 36 heavy (non-hydrogen) atoms. The summed E-state index contributed by atoms with van der Waals surface area (Å²) in [5.41, 5.74) is 0.717. The quantitative estimate of drug-likeness (QED) is 0.367. The van der Waals surface area contributed by atoms with Crippen LogP contribution in [0, 0.1) is 0 Å². The summed E-state index contributed by atoms with van der Waals surface area (Å²) in [6, 6.07) is 8.85. The Labute approximate surface area is 227 Å². The Morgan fingerprint density at radius 3 is 2.31 bits per heavy atom. The molecule has 1 atom stereocenters. The Hall–Kier alpha value is -2.20. The van der Waals surface area contributed by atoms with Crippen molar-refractivity contribution in [2.24, 2.45) is 0 Å². The van der Waals surface area contributed by atoms with Gasteiger partial charge in [-0.25, -0.2) is 8.42 Å². The zero-order valence-corrected chi connectivity index (χ0v) is 23.6. The van der Waals surface area contributed by atoms with E-state index in [4.69, 9.17) is 39.5 Å². The highest BCUT2D eigenvalue weighted by Gasteiger charge is 2.32. The van der Waals surface area contributed by atoms with Crippen LogP contribution in [0.5, 0.6) is 5.75 Å². The smallest absolute Gasteiger partial charge is 0.244 e. The Morgan fingerprint density at radius 2 is 1.72 bits per heavy atom. The number of benzene rings is 2. The lowest BCUT2D eigenvalue weighted by Gasteiger charge is -2.33. The van der Waals surface area contributed by atoms with Crippen LogP contribution in [-0.4, -0.2) is 57.6 Å². The number of nitrogens with zero attached hydrogens (tertiary/aromatic N) is 2. The van der Waals surface area contributed by atoms with Gasteiger partial charge in [-0.2, -0.15) is 0 Å². The van der Waals surface area contributed by atoms with E-state index in [1.54, 1.807) is 31.2 Å². The van der Waals surface area contributed by atoms with Gasteiger partial charge in [0.2, 0.25) is 21.8 Å². The topological polar surface area (TPSA) is 96.0 Å². The third-order valence-electron chi connectivity index (χ3n) is 5.36. The molecule has 0 aliphatic carbocycles. The Balaban J connectivity index is 2.50. The average molecular weight is 579 g/mol. The highest BCUT2D eigenvalue weighted by molar-refractivity contribution is 7.92. The van der Waals surface area contributed by atoms with Crippen molar-refractivity contribution in [1.82, 2.24) is 10.2 Å². The first-order chi connectivity index (χ1) is 16.9. The second-order valence-corrected chi connectivity index (χ2v) is 11.2. The summed E-state index contributed by atoms with van der Waals surface area (Å²) in [5, 5.41) is 3.05. The first kappa shape index (κ1) is 30.0. The molecule has 0 aromatic heterocycles. The van der Waals surface area contributed by atoms with E-state index in [1.165, 1.54) is 24.1 Å². The number of amides is 2. The maximum Gasteiger partial charge on any atom is 0.244 e. The predicted octanol–water partition coefficient (Wildman–Crippen LogP) is 4.76. The minimum atomic E-state index is -3.97. The molecule has 2 amide bonds. The molecule has 0 fully saturated rings. The van der Waals surface area contributed by atoms with Crippen LogP contribution in [0.4, 0.5) is 5.69 Å². The van der Waals surface area contributed by atoms with Crippen LogP contribution in [0.1, 0.15) is 32.3 Å². The van der Waals surface area contributed by atoms with Crippen LogP contribution in [0.25, 0.3) is 0 Å². The SMILES string of the molecule is CCCNC(=O)[C@H](CC)N(Cc1cccc(OC)c1)C(=O)CN(c1cc(Cl)c(Cl)cc1Cl)S(C)(=O)=O. The lowest BCUT2D eigenvalue weighted by atomic mass is 10.1. The highest BCUT2D eigenvalue weighted by Crippen LogP contribution is 2.35. The number of hydrogen-bond acceptors (Lipinski definition) is 5. The molecule has 0 bridgehead atoms. The number of nitrogens with one attached hydrogen (secondary N) is 1. The van der Waals surface area contributed by atoms with E-state index in [0.29, 0.717) is 24.3 Å². The van der Waals surface area contributed by atoms with E-state index in [1.807, 2.05) is 6.92 Å². The Bertz CT molecular complexity index is 1190. The monoisotopic (exact) mass is 577 g/mol. The molecule has 1 N–H and O–H groups in total. The fourth-order valence-corrected chi connectivity index (χ4v) is 5.10. The zero-order chi connectivity index (χ0) is 27.0. The van der Waals surface area contributed by atoms with Crippen molar-refractivity contribution in [3.63, 3.8) is 0 Å². The number of rotatable bonds is 12. The van der Waals surface area contributed by atoms with Crippen molar-refractivity contribution in [2.45, 2.75) is 39.3 Å². The summed E-state index contributed by atoms with van der Waals surface area (Å²) >= 11 is 18.4. The lowest BCUT2D eigenvalue weighted by molar-refractivity contribution is -0.140. The maximum atomic E-state index is 13.7. The van der Waals surface area contributed by atoms with E-state index >= 15 is 0 Å². The highest BCUT2D eigenvalue weighted by atomic mass is 35.5. The molecule has 2 aromatic rings. The van der Waals surface area contributed by atoms with Crippen LogP contribution in [0.2, 0.25) is 15.1 Å². The van der Waals surface area contributed by atoms with Gasteiger partial charge in [0.05, 0.1) is 34.1 Å². The largest absolute Gasteiger partial charge is 0.497 e. The van der Waals surface area contributed by atoms with Gasteiger partial charge >= 0.3 is 0 Å². The summed E-state index contributed by atoms with van der Waals surface area (Å²) in [7, 11) is -2.44. The molecule has 0 unspecified atom stereocenters. The molecular formula is C24H30Cl3N3O5S. The summed E-state index contributed by atoms with van der Waals surface area (Å²) in [4.78, 5) is 28.0. The van der Waals surface area contributed by atoms with Crippen molar-refractivity contribution in [3.8, 4) is 5.75 Å². The molecule has 8 nitrogen and oxygen atoms in total. The fourth-order valence-electron chi connectivity index (χ4n) is 3.55. The standard InChI is InChI=1S/C24H30Cl3N3O5S/c1-5-10-28-24(32)21(6-2)29(14-16-8-7-9-17(11-16)35-3)23(31)15-30(36(4,33)34)22-13-19(26)18(25)12-20(22)27/h7-9,11-13,21H,5-6,10,14-15H2,1-4H3,(H,28,32)/t21-/m0/s1. The Morgan fingerprint density at radius 1 is 1.06 bits per heavy atom. The second kappa shape index (κ2) is 13.4. The van der Waals surface area contributed by atoms with Gasteiger partial charge in [-0.05, 0) is 42.7 Å². The van der Waals surface area contributed by atoms with Gasteiger partial charge in [-0.3, -0.25) is 13.9 Å². The van der Waals surface area contributed by atoms with Gasteiger partial charge in [-0.1, -0.05) is 60.8 Å². The third-order valence-corrected chi connectivity index (χ3v) is 7.51. The summed E-state index contributed by atoms with van der Waals surface area (Å²) in [6.45, 7) is 3.61. The molecule has 198 valence electrons. The molecule has 0 saturated carbocycles. The molecule has 0 radical (unpaired) electrons. The lowest BCUT2D eigenvalue weighted by Crippen LogP contribution is -2.52. The molecule has 0 saturated heterocycles. The molecule has 0 spiro atoms. The first-order valence-corrected chi connectivity index (χ1v) is 14.2. The van der Waals surface area contributed by atoms with E-state index in [9.17, 15) is 18.0 Å². The van der Waals surface area contributed by atoms with Crippen LogP contribution in [-0.2, 0) is 26.2 Å². The molecule has 12 heteroatoms. The number of halogens is 3. The molecule has 0 heterocycles. The van der Waals surface area contributed by atoms with Crippen LogP contribution < -0.4 is 14.4 Å². The van der Waals surface area contributed by atoms with Gasteiger partial charge in [0, 0.05) is 13.1 Å². The number of methoxy groups -OCH3 is 1. The van der Waals surface area contributed by atoms with Crippen molar-refractivity contribution < 1.29 is 22.7 Å². The predicted molar refractivity (Wildman–Crippen MR) is 145 cm³/mol. The minimum absolute atomic E-state index is 0.00623. The van der Waals surface area contributed by atoms with E-state index in [0.717, 1.165) is 17.0 Å². The summed E-state index contributed by atoms with van der Waals surface area (Å²) in [6.07, 6.45) is 2.00.